The highest BCUT2D eigenvalue weighted by atomic mass is 35.5. The first-order valence-corrected chi connectivity index (χ1v) is 16.5. The van der Waals surface area contributed by atoms with E-state index < -0.39 is 11.8 Å². The SMILES string of the molecule is COC(=O)c1cc(Cl)c2nc(CN3CCN(c4cccc5c4O[C@](C)(c4ccc(Cl)cn4)O5)[C@H]4COC[C@H]43)n(CCn3cccn3)c2c1. The molecule has 0 saturated carbocycles. The maximum atomic E-state index is 12.5. The third-order valence-electron chi connectivity index (χ3n) is 9.34. The van der Waals surface area contributed by atoms with E-state index in [-0.39, 0.29) is 12.1 Å². The summed E-state index contributed by atoms with van der Waals surface area (Å²) in [5.41, 5.74) is 3.39. The molecule has 3 atom stereocenters. The fourth-order valence-corrected chi connectivity index (χ4v) is 7.35. The van der Waals surface area contributed by atoms with E-state index in [4.69, 9.17) is 47.1 Å². The Labute approximate surface area is 286 Å². The van der Waals surface area contributed by atoms with Gasteiger partial charge in [0.05, 0.1) is 72.3 Å². The van der Waals surface area contributed by atoms with Gasteiger partial charge in [0.2, 0.25) is 0 Å². The second kappa shape index (κ2) is 12.3. The van der Waals surface area contributed by atoms with Crippen molar-refractivity contribution in [3.05, 3.63) is 94.2 Å². The first kappa shape index (κ1) is 30.9. The molecule has 6 heterocycles. The van der Waals surface area contributed by atoms with Crippen LogP contribution in [0, 0.1) is 0 Å². The van der Waals surface area contributed by atoms with Crippen molar-refractivity contribution >= 4 is 45.9 Å². The summed E-state index contributed by atoms with van der Waals surface area (Å²) in [4.78, 5) is 26.8. The number of carbonyl (C=O) groups excluding carboxylic acids is 1. The van der Waals surface area contributed by atoms with Gasteiger partial charge in [-0.3, -0.25) is 14.6 Å². The Hall–Kier alpha value is -4.36. The number of hydrogen-bond donors (Lipinski definition) is 0. The molecule has 2 fully saturated rings. The standard InChI is InChI=1S/C34H33Cl2N7O5/c1-34(29-8-7-22(35)17-37-29)47-28-6-3-5-24(32(28)48-34)42-13-11-40(26-19-46-20-27(26)42)18-30-39-31-23(36)15-21(33(44)45-2)16-25(31)43(30)14-12-41-10-4-9-38-41/h3-10,15-17,26-27H,11-14,18-20H2,1-2H3/t26-,27+,34-/m1/s1. The first-order valence-electron chi connectivity index (χ1n) is 15.8. The lowest BCUT2D eigenvalue weighted by atomic mass is 10.0. The summed E-state index contributed by atoms with van der Waals surface area (Å²) in [7, 11) is 1.36. The Morgan fingerprint density at radius 2 is 1.94 bits per heavy atom. The minimum atomic E-state index is -1.08. The lowest BCUT2D eigenvalue weighted by Crippen LogP contribution is -2.59. The zero-order valence-corrected chi connectivity index (χ0v) is 27.9. The molecule has 0 N–H and O–H groups in total. The lowest BCUT2D eigenvalue weighted by Gasteiger charge is -2.44. The third kappa shape index (κ3) is 5.42. The van der Waals surface area contributed by atoms with E-state index in [1.54, 1.807) is 30.6 Å². The normalized spacial score (nSPS) is 22.0. The van der Waals surface area contributed by atoms with E-state index in [9.17, 15) is 4.79 Å². The molecular formula is C34H33Cl2N7O5. The summed E-state index contributed by atoms with van der Waals surface area (Å²) >= 11 is 12.8. The van der Waals surface area contributed by atoms with Crippen LogP contribution < -0.4 is 14.4 Å². The van der Waals surface area contributed by atoms with Crippen molar-refractivity contribution in [1.82, 2.24) is 29.2 Å². The third-order valence-corrected chi connectivity index (χ3v) is 9.86. The average molecular weight is 691 g/mol. The monoisotopic (exact) mass is 689 g/mol. The Kier molecular flexibility index (Phi) is 7.91. The molecule has 248 valence electrons. The van der Waals surface area contributed by atoms with Crippen LogP contribution in [0.4, 0.5) is 5.69 Å². The van der Waals surface area contributed by atoms with Crippen molar-refractivity contribution in [2.75, 3.05) is 38.3 Å². The number of ether oxygens (including phenoxy) is 4. The van der Waals surface area contributed by atoms with Crippen LogP contribution in [0.5, 0.6) is 11.5 Å². The number of fused-ring (bicyclic) bond motifs is 3. The molecule has 48 heavy (non-hydrogen) atoms. The summed E-state index contributed by atoms with van der Waals surface area (Å²) < 4.78 is 28.0. The molecule has 12 nitrogen and oxygen atoms in total. The van der Waals surface area contributed by atoms with Crippen molar-refractivity contribution in [3.63, 3.8) is 0 Å². The highest BCUT2D eigenvalue weighted by Crippen LogP contribution is 2.50. The van der Waals surface area contributed by atoms with Crippen LogP contribution in [0.3, 0.4) is 0 Å². The van der Waals surface area contributed by atoms with Gasteiger partial charge < -0.3 is 28.4 Å². The van der Waals surface area contributed by atoms with Crippen LogP contribution in [0.25, 0.3) is 11.0 Å². The largest absolute Gasteiger partial charge is 0.465 e. The van der Waals surface area contributed by atoms with Gasteiger partial charge in [0, 0.05) is 45.1 Å². The van der Waals surface area contributed by atoms with Crippen molar-refractivity contribution in [2.45, 2.75) is 44.4 Å². The maximum Gasteiger partial charge on any atom is 0.337 e. The molecule has 5 aromatic rings. The summed E-state index contributed by atoms with van der Waals surface area (Å²) in [6.07, 6.45) is 5.28. The van der Waals surface area contributed by atoms with E-state index in [1.165, 1.54) is 7.11 Å². The molecule has 3 aliphatic rings. The molecule has 14 heteroatoms. The highest BCUT2D eigenvalue weighted by molar-refractivity contribution is 6.35. The minimum Gasteiger partial charge on any atom is -0.465 e. The number of hydrogen-bond acceptors (Lipinski definition) is 10. The number of carbonyl (C=O) groups is 1. The molecule has 2 saturated heterocycles. The van der Waals surface area contributed by atoms with Crippen LogP contribution >= 0.6 is 23.2 Å². The molecule has 0 amide bonds. The zero-order chi connectivity index (χ0) is 33.0. The summed E-state index contributed by atoms with van der Waals surface area (Å²) in [5.74, 6) is 0.671. The fraction of sp³-hybridized carbons (Fsp3) is 0.353. The minimum absolute atomic E-state index is 0.0748. The second-order valence-corrected chi connectivity index (χ2v) is 13.1. The zero-order valence-electron chi connectivity index (χ0n) is 26.4. The number of imidazole rings is 1. The number of methoxy groups -OCH3 is 1. The smallest absolute Gasteiger partial charge is 0.337 e. The highest BCUT2D eigenvalue weighted by Gasteiger charge is 2.46. The molecule has 0 spiro atoms. The van der Waals surface area contributed by atoms with Crippen LogP contribution in [-0.2, 0) is 34.9 Å². The number of piperazine rings is 1. The Morgan fingerprint density at radius 1 is 1.06 bits per heavy atom. The summed E-state index contributed by atoms with van der Waals surface area (Å²) in [6, 6.07) is 15.1. The van der Waals surface area contributed by atoms with Crippen molar-refractivity contribution < 1.29 is 23.7 Å². The Balaban J connectivity index is 1.08. The quantitative estimate of drug-likeness (QED) is 0.203. The number of halogens is 2. The van der Waals surface area contributed by atoms with Gasteiger partial charge in [-0.2, -0.15) is 5.10 Å². The van der Waals surface area contributed by atoms with Gasteiger partial charge in [0.25, 0.3) is 5.79 Å². The second-order valence-electron chi connectivity index (χ2n) is 12.2. The molecule has 3 aromatic heterocycles. The van der Waals surface area contributed by atoms with Gasteiger partial charge in [0.1, 0.15) is 17.0 Å². The van der Waals surface area contributed by atoms with Crippen molar-refractivity contribution in [3.8, 4) is 11.5 Å². The Bertz CT molecular complexity index is 1990. The molecule has 2 aromatic carbocycles. The van der Waals surface area contributed by atoms with Gasteiger partial charge in [-0.15, -0.1) is 0 Å². The number of anilines is 1. The molecule has 0 unspecified atom stereocenters. The summed E-state index contributed by atoms with van der Waals surface area (Å²) in [6.45, 7) is 6.31. The lowest BCUT2D eigenvalue weighted by molar-refractivity contribution is -0.0716. The predicted molar refractivity (Wildman–Crippen MR) is 179 cm³/mol. The van der Waals surface area contributed by atoms with E-state index in [0.717, 1.165) is 30.1 Å². The molecule has 3 aliphatic heterocycles. The van der Waals surface area contributed by atoms with Crippen molar-refractivity contribution in [1.29, 1.82) is 0 Å². The predicted octanol–water partition coefficient (Wildman–Crippen LogP) is 5.16. The molecule has 0 radical (unpaired) electrons. The van der Waals surface area contributed by atoms with Crippen LogP contribution in [0.1, 0.15) is 28.8 Å². The molecule has 8 rings (SSSR count). The van der Waals surface area contributed by atoms with Crippen LogP contribution in [0.2, 0.25) is 10.0 Å². The number of pyridine rings is 1. The molecule has 0 bridgehead atoms. The topological polar surface area (TPSA) is 109 Å². The van der Waals surface area contributed by atoms with E-state index >= 15 is 0 Å². The van der Waals surface area contributed by atoms with Gasteiger partial charge >= 0.3 is 5.97 Å². The number of aromatic nitrogens is 5. The van der Waals surface area contributed by atoms with Crippen LogP contribution in [-0.4, -0.2) is 80.7 Å². The molecular weight excluding hydrogens is 657 g/mol. The maximum absolute atomic E-state index is 12.5. The number of aryl methyl sites for hydroxylation is 2. The number of para-hydroxylation sites is 1. The number of esters is 1. The first-order chi connectivity index (χ1) is 23.3. The van der Waals surface area contributed by atoms with Crippen molar-refractivity contribution in [2.24, 2.45) is 0 Å². The molecule has 0 aliphatic carbocycles. The van der Waals surface area contributed by atoms with E-state index in [1.807, 2.05) is 42.1 Å². The van der Waals surface area contributed by atoms with Gasteiger partial charge in [0.15, 0.2) is 11.5 Å². The fourth-order valence-electron chi connectivity index (χ4n) is 6.98. The van der Waals surface area contributed by atoms with Gasteiger partial charge in [-0.25, -0.2) is 9.78 Å². The number of nitrogens with zero attached hydrogens (tertiary/aromatic N) is 7. The number of rotatable bonds is 8. The Morgan fingerprint density at radius 3 is 2.73 bits per heavy atom. The van der Waals surface area contributed by atoms with E-state index in [2.05, 4.69) is 30.5 Å². The number of benzene rings is 2. The van der Waals surface area contributed by atoms with Crippen LogP contribution in [0.15, 0.2) is 67.1 Å². The van der Waals surface area contributed by atoms with E-state index in [0.29, 0.717) is 71.2 Å². The van der Waals surface area contributed by atoms with Gasteiger partial charge in [-0.05, 0) is 42.5 Å². The summed E-state index contributed by atoms with van der Waals surface area (Å²) in [5, 5.41) is 5.33. The average Bonchev–Trinajstić information content (AvgIpc) is 3.90. The van der Waals surface area contributed by atoms with Gasteiger partial charge in [-0.1, -0.05) is 29.3 Å².